The molecule has 1 aromatic carbocycles. The molecule has 0 bridgehead atoms. The summed E-state index contributed by atoms with van der Waals surface area (Å²) in [6, 6.07) is 8.40. The number of rotatable bonds is 6. The monoisotopic (exact) mass is 446 g/mol. The van der Waals surface area contributed by atoms with E-state index in [4.69, 9.17) is 9.97 Å². The van der Waals surface area contributed by atoms with Crippen molar-refractivity contribution in [3.63, 3.8) is 0 Å². The third-order valence-electron chi connectivity index (χ3n) is 7.22. The van der Waals surface area contributed by atoms with Crippen LogP contribution in [-0.4, -0.2) is 61.4 Å². The molecule has 2 aliphatic heterocycles. The fraction of sp³-hybridized carbons (Fsp3) is 0.538. The lowest BCUT2D eigenvalue weighted by Crippen LogP contribution is -2.35. The summed E-state index contributed by atoms with van der Waals surface area (Å²) in [5, 5.41) is 0. The van der Waals surface area contributed by atoms with Crippen LogP contribution in [0.4, 0.5) is 0 Å². The van der Waals surface area contributed by atoms with Gasteiger partial charge >= 0.3 is 0 Å². The number of imidazole rings is 1. The van der Waals surface area contributed by atoms with Crippen molar-refractivity contribution >= 4 is 16.9 Å². The summed E-state index contributed by atoms with van der Waals surface area (Å²) in [7, 11) is 0. The van der Waals surface area contributed by atoms with Gasteiger partial charge in [-0.15, -0.1) is 0 Å². The molecule has 0 aliphatic carbocycles. The van der Waals surface area contributed by atoms with Crippen LogP contribution in [0.2, 0.25) is 0 Å². The van der Waals surface area contributed by atoms with Gasteiger partial charge in [0, 0.05) is 25.8 Å². The molecule has 2 aromatic heterocycles. The van der Waals surface area contributed by atoms with E-state index in [-0.39, 0.29) is 5.91 Å². The highest BCUT2D eigenvalue weighted by molar-refractivity contribution is 5.95. The fourth-order valence-electron chi connectivity index (χ4n) is 5.36. The van der Waals surface area contributed by atoms with Gasteiger partial charge in [-0.3, -0.25) is 9.69 Å². The molecule has 3 aromatic rings. The summed E-state index contributed by atoms with van der Waals surface area (Å²) in [6.45, 7) is 9.74. The average molecular weight is 447 g/mol. The molecule has 0 unspecified atom stereocenters. The number of likely N-dealkylation sites (tertiary alicyclic amines) is 2. The van der Waals surface area contributed by atoms with Crippen molar-refractivity contribution in [1.82, 2.24) is 29.3 Å². The van der Waals surface area contributed by atoms with Crippen LogP contribution in [0.1, 0.15) is 60.3 Å². The third kappa shape index (κ3) is 4.64. The Morgan fingerprint density at radius 1 is 1.06 bits per heavy atom. The number of hydrogen-bond donors (Lipinski definition) is 0. The van der Waals surface area contributed by atoms with Gasteiger partial charge in [-0.1, -0.05) is 12.1 Å². The maximum absolute atomic E-state index is 13.0. The summed E-state index contributed by atoms with van der Waals surface area (Å²) >= 11 is 0. The highest BCUT2D eigenvalue weighted by atomic mass is 16.2. The van der Waals surface area contributed by atoms with E-state index in [0.717, 1.165) is 94.2 Å². The van der Waals surface area contributed by atoms with Gasteiger partial charge in [0.05, 0.1) is 28.8 Å². The van der Waals surface area contributed by atoms with Gasteiger partial charge in [0.1, 0.15) is 11.6 Å². The molecule has 2 fully saturated rings. The smallest absolute Gasteiger partial charge is 0.257 e. The van der Waals surface area contributed by atoms with E-state index in [1.54, 1.807) is 6.20 Å². The second-order valence-electron chi connectivity index (χ2n) is 9.46. The Kier molecular flexibility index (Phi) is 6.40. The Morgan fingerprint density at radius 3 is 2.58 bits per heavy atom. The van der Waals surface area contributed by atoms with E-state index in [1.165, 1.54) is 5.52 Å². The molecule has 1 amide bonds. The molecule has 7 heteroatoms. The number of aromatic nitrogens is 4. The molecule has 7 nitrogen and oxygen atoms in total. The number of amides is 1. The van der Waals surface area contributed by atoms with Gasteiger partial charge in [0.2, 0.25) is 0 Å². The molecule has 5 rings (SSSR count). The first-order valence-electron chi connectivity index (χ1n) is 12.4. The molecular weight excluding hydrogens is 412 g/mol. The van der Waals surface area contributed by atoms with Crippen LogP contribution in [0.5, 0.6) is 0 Å². The fourth-order valence-corrected chi connectivity index (χ4v) is 5.36. The first-order valence-corrected chi connectivity index (χ1v) is 12.4. The lowest BCUT2D eigenvalue weighted by atomic mass is 9.90. The summed E-state index contributed by atoms with van der Waals surface area (Å²) in [5.41, 5.74) is 3.95. The first-order chi connectivity index (χ1) is 16.1. The second kappa shape index (κ2) is 9.59. The largest absolute Gasteiger partial charge is 0.339 e. The van der Waals surface area contributed by atoms with Crippen LogP contribution in [0.25, 0.3) is 11.0 Å². The number of para-hydroxylation sites is 2. The number of fused-ring (bicyclic) bond motifs is 1. The van der Waals surface area contributed by atoms with E-state index in [9.17, 15) is 4.79 Å². The Balaban J connectivity index is 1.23. The van der Waals surface area contributed by atoms with E-state index in [1.807, 2.05) is 11.8 Å². The molecule has 2 saturated heterocycles. The number of piperidine rings is 1. The lowest BCUT2D eigenvalue weighted by Gasteiger charge is -2.32. The third-order valence-corrected chi connectivity index (χ3v) is 7.22. The van der Waals surface area contributed by atoms with Crippen LogP contribution < -0.4 is 0 Å². The number of nitrogens with zero attached hydrogens (tertiary/aromatic N) is 6. The zero-order valence-electron chi connectivity index (χ0n) is 19.8. The van der Waals surface area contributed by atoms with Gasteiger partial charge in [0.25, 0.3) is 5.91 Å². The Morgan fingerprint density at radius 2 is 1.82 bits per heavy atom. The molecule has 33 heavy (non-hydrogen) atoms. The summed E-state index contributed by atoms with van der Waals surface area (Å²) < 4.78 is 2.33. The topological polar surface area (TPSA) is 67.2 Å². The Bertz CT molecular complexity index is 1130. The van der Waals surface area contributed by atoms with Gasteiger partial charge in [0.15, 0.2) is 0 Å². The lowest BCUT2D eigenvalue weighted by molar-refractivity contribution is 0.0790. The van der Waals surface area contributed by atoms with E-state index >= 15 is 0 Å². The number of hydrogen-bond acceptors (Lipinski definition) is 5. The van der Waals surface area contributed by atoms with Gasteiger partial charge in [-0.05, 0) is 77.1 Å². The Labute approximate surface area is 195 Å². The van der Waals surface area contributed by atoms with Crippen molar-refractivity contribution < 1.29 is 4.79 Å². The van der Waals surface area contributed by atoms with Crippen molar-refractivity contribution in [2.75, 3.05) is 26.2 Å². The maximum atomic E-state index is 13.0. The molecule has 0 saturated carbocycles. The van der Waals surface area contributed by atoms with Crippen LogP contribution in [0.15, 0.2) is 30.5 Å². The molecule has 0 atom stereocenters. The number of aryl methyl sites for hydroxylation is 2. The van der Waals surface area contributed by atoms with E-state index < -0.39 is 0 Å². The van der Waals surface area contributed by atoms with Gasteiger partial charge in [-0.2, -0.15) is 0 Å². The predicted octanol–water partition coefficient (Wildman–Crippen LogP) is 3.85. The molecule has 2 aliphatic rings. The minimum atomic E-state index is 0.110. The van der Waals surface area contributed by atoms with Crippen molar-refractivity contribution in [2.45, 2.75) is 59.0 Å². The number of carbonyl (C=O) groups excluding carboxylic acids is 1. The van der Waals surface area contributed by atoms with Crippen LogP contribution in [0, 0.1) is 12.8 Å². The average Bonchev–Trinajstić information content (AvgIpc) is 3.48. The summed E-state index contributed by atoms with van der Waals surface area (Å²) in [4.78, 5) is 31.5. The predicted molar refractivity (Wildman–Crippen MR) is 129 cm³/mol. The van der Waals surface area contributed by atoms with Crippen molar-refractivity contribution in [3.05, 3.63) is 53.4 Å². The molecule has 4 heterocycles. The molecule has 0 radical (unpaired) electrons. The SMILES string of the molecule is CCn1c(CN2CCC(Cc3nc(C)ncc3C(=O)N3CCCC3)CC2)nc2ccccc21. The highest BCUT2D eigenvalue weighted by Gasteiger charge is 2.26. The quantitative estimate of drug-likeness (QED) is 0.575. The normalized spacial score (nSPS) is 17.8. The summed E-state index contributed by atoms with van der Waals surface area (Å²) in [6.07, 6.45) is 7.04. The zero-order chi connectivity index (χ0) is 22.8. The summed E-state index contributed by atoms with van der Waals surface area (Å²) in [5.74, 6) is 2.56. The van der Waals surface area contributed by atoms with E-state index in [0.29, 0.717) is 11.5 Å². The number of carbonyl (C=O) groups is 1. The molecule has 0 N–H and O–H groups in total. The molecule has 174 valence electrons. The van der Waals surface area contributed by atoms with Crippen molar-refractivity contribution in [2.24, 2.45) is 5.92 Å². The van der Waals surface area contributed by atoms with Crippen LogP contribution >= 0.6 is 0 Å². The van der Waals surface area contributed by atoms with E-state index in [2.05, 4.69) is 45.6 Å². The second-order valence-corrected chi connectivity index (χ2v) is 9.46. The highest BCUT2D eigenvalue weighted by Crippen LogP contribution is 2.25. The van der Waals surface area contributed by atoms with Gasteiger partial charge < -0.3 is 9.47 Å². The standard InChI is InChI=1S/C26H34N6O/c1-3-32-24-9-5-4-8-22(24)29-25(32)18-30-14-10-20(11-15-30)16-23-21(17-27-19(2)28-23)26(33)31-12-6-7-13-31/h4-5,8-9,17,20H,3,6-7,10-16,18H2,1-2H3. The molecule has 0 spiro atoms. The van der Waals surface area contributed by atoms with Crippen LogP contribution in [0.3, 0.4) is 0 Å². The van der Waals surface area contributed by atoms with Crippen LogP contribution in [-0.2, 0) is 19.5 Å². The number of benzene rings is 1. The molecular formula is C26H34N6O. The minimum Gasteiger partial charge on any atom is -0.339 e. The van der Waals surface area contributed by atoms with Crippen molar-refractivity contribution in [3.8, 4) is 0 Å². The Hall–Kier alpha value is -2.80. The maximum Gasteiger partial charge on any atom is 0.257 e. The first kappa shape index (κ1) is 22.0. The minimum absolute atomic E-state index is 0.110. The van der Waals surface area contributed by atoms with Crippen molar-refractivity contribution in [1.29, 1.82) is 0 Å². The zero-order valence-corrected chi connectivity index (χ0v) is 19.8. The van der Waals surface area contributed by atoms with Gasteiger partial charge in [-0.25, -0.2) is 15.0 Å².